The van der Waals surface area contributed by atoms with E-state index in [1.807, 2.05) is 26.0 Å². The number of aromatic hydroxyl groups is 1. The average Bonchev–Trinajstić information content (AvgIpc) is 3.52. The van der Waals surface area contributed by atoms with Crippen LogP contribution in [0, 0.1) is 56.2 Å². The molecule has 39 heavy (non-hydrogen) atoms. The summed E-state index contributed by atoms with van der Waals surface area (Å²) in [5, 5.41) is 60.4. The van der Waals surface area contributed by atoms with Crippen LogP contribution in [0.1, 0.15) is 38.8 Å². The smallest absolute Gasteiger partial charge is 0.138 e. The maximum absolute atomic E-state index is 9.22. The maximum Gasteiger partial charge on any atom is 0.138 e. The number of aliphatic hydroxyl groups excluding tert-OH is 1. The Kier molecular flexibility index (Phi) is 10.4. The molecule has 0 spiro atoms. The molecule has 0 atom stereocenters. The third-order valence-electron chi connectivity index (χ3n) is 4.93. The van der Waals surface area contributed by atoms with Crippen molar-refractivity contribution in [2.24, 2.45) is 10.8 Å². The lowest BCUT2D eigenvalue weighted by molar-refractivity contribution is 0.205. The third kappa shape index (κ3) is 8.17. The molecule has 11 nitrogen and oxygen atoms in total. The van der Waals surface area contributed by atoms with Gasteiger partial charge in [0.25, 0.3) is 0 Å². The summed E-state index contributed by atoms with van der Waals surface area (Å²) in [5.74, 6) is 0.697. The van der Waals surface area contributed by atoms with E-state index in [4.69, 9.17) is 30.9 Å². The second kappa shape index (κ2) is 13.1. The predicted molar refractivity (Wildman–Crippen MR) is 148 cm³/mol. The minimum absolute atomic E-state index is 0.0660. The van der Waals surface area contributed by atoms with Crippen molar-refractivity contribution in [1.29, 1.82) is 21.0 Å². The van der Waals surface area contributed by atoms with E-state index in [-0.39, 0.29) is 19.0 Å². The van der Waals surface area contributed by atoms with Gasteiger partial charge in [0.15, 0.2) is 0 Å². The Bertz CT molecular complexity index is 1650. The summed E-state index contributed by atoms with van der Waals surface area (Å²) in [6.07, 6.45) is 6.10. The van der Waals surface area contributed by atoms with Crippen LogP contribution in [0.4, 0.5) is 0 Å². The topological polar surface area (TPSA) is 179 Å². The first-order valence-corrected chi connectivity index (χ1v) is 12.8. The second-order valence-electron chi connectivity index (χ2n) is 9.43. The molecule has 0 aliphatic carbocycles. The minimum Gasteiger partial charge on any atom is -0.506 e. The van der Waals surface area contributed by atoms with E-state index < -0.39 is 10.8 Å². The lowest BCUT2D eigenvalue weighted by atomic mass is 9.98. The van der Waals surface area contributed by atoms with E-state index in [9.17, 15) is 5.11 Å². The SMILES string of the molecule is CC(C)(C#N)CO.CC(C)(C#N)COc1cc(Br)c2c(C#N)cnn2c1.N#Cc1cnn2cc(O)cc(Br)c12. The number of aliphatic hydroxyl groups is 1. The molecular weight excluding hydrogens is 632 g/mol. The fourth-order valence-electron chi connectivity index (χ4n) is 2.68. The number of fused-ring (bicyclic) bond motifs is 2. The van der Waals surface area contributed by atoms with Crippen molar-refractivity contribution in [3.05, 3.63) is 57.0 Å². The number of ether oxygens (including phenoxy) is 1. The van der Waals surface area contributed by atoms with Gasteiger partial charge in [-0.2, -0.15) is 31.2 Å². The third-order valence-corrected chi connectivity index (χ3v) is 6.14. The molecule has 0 aromatic carbocycles. The molecule has 0 unspecified atom stereocenters. The molecule has 2 N–H and O–H groups in total. The van der Waals surface area contributed by atoms with Gasteiger partial charge < -0.3 is 14.9 Å². The van der Waals surface area contributed by atoms with Crippen molar-refractivity contribution in [3.63, 3.8) is 0 Å². The summed E-state index contributed by atoms with van der Waals surface area (Å²) in [6, 6.07) is 11.5. The first kappa shape index (κ1) is 31.1. The van der Waals surface area contributed by atoms with Crippen LogP contribution in [-0.4, -0.2) is 42.7 Å². The fourth-order valence-corrected chi connectivity index (χ4v) is 3.93. The second-order valence-corrected chi connectivity index (χ2v) is 11.1. The molecule has 0 bridgehead atoms. The van der Waals surface area contributed by atoms with E-state index in [0.29, 0.717) is 32.4 Å². The Hall–Kier alpha value is -4.14. The van der Waals surface area contributed by atoms with Gasteiger partial charge in [-0.1, -0.05) is 0 Å². The zero-order valence-corrected chi connectivity index (χ0v) is 24.7. The van der Waals surface area contributed by atoms with Crippen LogP contribution < -0.4 is 4.74 Å². The monoisotopic (exact) mass is 654 g/mol. The van der Waals surface area contributed by atoms with Crippen LogP contribution in [0.5, 0.6) is 11.5 Å². The predicted octanol–water partition coefficient (Wildman–Crippen LogP) is 5.10. The summed E-state index contributed by atoms with van der Waals surface area (Å²) in [4.78, 5) is 0. The van der Waals surface area contributed by atoms with E-state index in [0.717, 1.165) is 4.47 Å². The van der Waals surface area contributed by atoms with Crippen molar-refractivity contribution in [2.45, 2.75) is 27.7 Å². The lowest BCUT2D eigenvalue weighted by Gasteiger charge is -2.16. The number of nitriles is 4. The Morgan fingerprint density at radius 2 is 1.33 bits per heavy atom. The Balaban J connectivity index is 0.000000230. The zero-order chi connectivity index (χ0) is 29.4. The largest absolute Gasteiger partial charge is 0.506 e. The summed E-state index contributed by atoms with van der Waals surface area (Å²) < 4.78 is 10.0. The van der Waals surface area contributed by atoms with Crippen molar-refractivity contribution < 1.29 is 14.9 Å². The van der Waals surface area contributed by atoms with Crippen LogP contribution in [0.3, 0.4) is 0 Å². The summed E-state index contributed by atoms with van der Waals surface area (Å²) in [5.41, 5.74) is 1.24. The average molecular weight is 656 g/mol. The van der Waals surface area contributed by atoms with Crippen molar-refractivity contribution in [2.75, 3.05) is 13.2 Å². The van der Waals surface area contributed by atoms with Crippen LogP contribution in [0.25, 0.3) is 11.0 Å². The Labute approximate surface area is 241 Å². The van der Waals surface area contributed by atoms with Gasteiger partial charge in [0.1, 0.15) is 30.2 Å². The highest BCUT2D eigenvalue weighted by atomic mass is 79.9. The minimum atomic E-state index is -0.556. The fraction of sp³-hybridized carbons (Fsp3) is 0.308. The summed E-state index contributed by atoms with van der Waals surface area (Å²) in [6.45, 7) is 7.21. The first-order valence-electron chi connectivity index (χ1n) is 11.2. The summed E-state index contributed by atoms with van der Waals surface area (Å²) >= 11 is 6.65. The number of rotatable bonds is 4. The van der Waals surface area contributed by atoms with E-state index >= 15 is 0 Å². The van der Waals surface area contributed by atoms with Gasteiger partial charge in [-0.15, -0.1) is 0 Å². The standard InChI is InChI=1S/C13H11BrN4O.C8H4BrN3O.C5H9NO/c1-13(2,7-16)8-19-10-3-11(14)12-9(4-15)5-17-18(12)6-10;9-7-1-6(13)4-12-8(7)5(2-10)3-11-12;1-5(2,3-6)4-7/h3,5-6H,8H2,1-2H3;1,3-4,13H;7H,4H2,1-2H3. The molecule has 4 heterocycles. The molecular formula is C26H24Br2N8O3. The molecule has 0 fully saturated rings. The molecule has 0 saturated carbocycles. The number of nitrogens with zero attached hydrogens (tertiary/aromatic N) is 8. The molecule has 0 aliphatic heterocycles. The van der Waals surface area contributed by atoms with Crippen LogP contribution >= 0.6 is 31.9 Å². The van der Waals surface area contributed by atoms with Crippen molar-refractivity contribution >= 4 is 42.9 Å². The quantitative estimate of drug-likeness (QED) is 0.302. The first-order chi connectivity index (χ1) is 18.3. The molecule has 0 aliphatic rings. The highest BCUT2D eigenvalue weighted by Crippen LogP contribution is 2.27. The molecule has 4 aromatic heterocycles. The number of hydrogen-bond acceptors (Lipinski definition) is 9. The Morgan fingerprint density at radius 1 is 0.846 bits per heavy atom. The van der Waals surface area contributed by atoms with E-state index in [1.165, 1.54) is 29.2 Å². The van der Waals surface area contributed by atoms with Crippen LogP contribution in [0.2, 0.25) is 0 Å². The maximum atomic E-state index is 9.22. The molecule has 0 saturated heterocycles. The van der Waals surface area contributed by atoms with Gasteiger partial charge >= 0.3 is 0 Å². The number of halogens is 2. The zero-order valence-electron chi connectivity index (χ0n) is 21.5. The Morgan fingerprint density at radius 3 is 1.77 bits per heavy atom. The number of aromatic nitrogens is 4. The van der Waals surface area contributed by atoms with Crippen molar-refractivity contribution in [1.82, 2.24) is 19.2 Å². The van der Waals surface area contributed by atoms with Gasteiger partial charge in [0.2, 0.25) is 0 Å². The number of pyridine rings is 2. The highest BCUT2D eigenvalue weighted by Gasteiger charge is 2.18. The number of hydrogen-bond donors (Lipinski definition) is 2. The lowest BCUT2D eigenvalue weighted by Crippen LogP contribution is -2.19. The van der Waals surface area contributed by atoms with Crippen molar-refractivity contribution in [3.8, 4) is 35.8 Å². The molecule has 4 rings (SSSR count). The molecule has 0 radical (unpaired) electrons. The van der Waals surface area contributed by atoms with Crippen LogP contribution in [0.15, 0.2) is 45.9 Å². The van der Waals surface area contributed by atoms with Gasteiger partial charge in [0.05, 0.1) is 76.5 Å². The normalized spacial score (nSPS) is 10.6. The highest BCUT2D eigenvalue weighted by molar-refractivity contribution is 9.11. The summed E-state index contributed by atoms with van der Waals surface area (Å²) in [7, 11) is 0. The van der Waals surface area contributed by atoms with Gasteiger partial charge in [-0.3, -0.25) is 0 Å². The van der Waals surface area contributed by atoms with Crippen LogP contribution in [-0.2, 0) is 0 Å². The van der Waals surface area contributed by atoms with Gasteiger partial charge in [-0.25, -0.2) is 9.03 Å². The van der Waals surface area contributed by atoms with E-state index in [1.54, 1.807) is 30.6 Å². The molecule has 13 heteroatoms. The molecule has 0 amide bonds. The molecule has 4 aromatic rings. The van der Waals surface area contributed by atoms with E-state index in [2.05, 4.69) is 54.2 Å². The van der Waals surface area contributed by atoms with Gasteiger partial charge in [-0.05, 0) is 71.7 Å². The van der Waals surface area contributed by atoms with Gasteiger partial charge in [0, 0.05) is 8.95 Å². The molecule has 200 valence electrons.